The molecule has 0 aliphatic heterocycles. The van der Waals surface area contributed by atoms with E-state index in [4.69, 9.17) is 11.5 Å². The summed E-state index contributed by atoms with van der Waals surface area (Å²) in [4.78, 5) is 18.4. The van der Waals surface area contributed by atoms with Gasteiger partial charge in [0.2, 0.25) is 5.91 Å². The lowest BCUT2D eigenvalue weighted by atomic mass is 10.3. The summed E-state index contributed by atoms with van der Waals surface area (Å²) in [5, 5.41) is 3.07. The van der Waals surface area contributed by atoms with E-state index in [-0.39, 0.29) is 5.91 Å². The zero-order valence-electron chi connectivity index (χ0n) is 8.66. The zero-order valence-corrected chi connectivity index (χ0v) is 8.66. The number of amides is 1. The highest BCUT2D eigenvalue weighted by Crippen LogP contribution is 2.14. The van der Waals surface area contributed by atoms with Gasteiger partial charge >= 0.3 is 0 Å². The molecule has 6 heteroatoms. The quantitative estimate of drug-likeness (QED) is 0.594. The zero-order chi connectivity index (χ0) is 11.3. The van der Waals surface area contributed by atoms with Gasteiger partial charge in [0.05, 0.1) is 0 Å². The van der Waals surface area contributed by atoms with Crippen molar-refractivity contribution >= 4 is 17.5 Å². The third-order valence-electron chi connectivity index (χ3n) is 2.02. The normalized spacial score (nSPS) is 9.93. The maximum atomic E-state index is 10.5. The number of nitrogens with zero attached hydrogens (tertiary/aromatic N) is 2. The fourth-order valence-electron chi connectivity index (χ4n) is 1.11. The van der Waals surface area contributed by atoms with Gasteiger partial charge < -0.3 is 16.8 Å². The minimum absolute atomic E-state index is 0.296. The molecule has 5 N–H and O–H groups in total. The number of nitrogens with one attached hydrogen (secondary N) is 1. The molecule has 1 aromatic rings. The molecule has 6 nitrogen and oxygen atoms in total. The molecule has 82 valence electrons. The SMILES string of the molecule is Cc1c(N)ncnc1NCCCC(N)=O. The lowest BCUT2D eigenvalue weighted by Crippen LogP contribution is -2.13. The van der Waals surface area contributed by atoms with Gasteiger partial charge in [-0.3, -0.25) is 4.79 Å². The molecular weight excluding hydrogens is 194 g/mol. The molecule has 0 radical (unpaired) electrons. The van der Waals surface area contributed by atoms with E-state index in [1.54, 1.807) is 0 Å². The van der Waals surface area contributed by atoms with Crippen molar-refractivity contribution in [1.82, 2.24) is 9.97 Å². The number of aromatic nitrogens is 2. The molecular formula is C9H15N5O. The summed E-state index contributed by atoms with van der Waals surface area (Å²) in [6.07, 6.45) is 2.45. The van der Waals surface area contributed by atoms with Gasteiger partial charge in [-0.25, -0.2) is 9.97 Å². The van der Waals surface area contributed by atoms with E-state index >= 15 is 0 Å². The Morgan fingerprint density at radius 2 is 2.27 bits per heavy atom. The van der Waals surface area contributed by atoms with E-state index in [1.807, 2.05) is 6.92 Å². The van der Waals surface area contributed by atoms with Gasteiger partial charge in [0.1, 0.15) is 18.0 Å². The van der Waals surface area contributed by atoms with Gasteiger partial charge in [0.25, 0.3) is 0 Å². The molecule has 15 heavy (non-hydrogen) atoms. The Morgan fingerprint density at radius 3 is 2.93 bits per heavy atom. The number of carbonyl (C=O) groups excluding carboxylic acids is 1. The monoisotopic (exact) mass is 209 g/mol. The lowest BCUT2D eigenvalue weighted by Gasteiger charge is -2.08. The number of nitrogens with two attached hydrogens (primary N) is 2. The van der Waals surface area contributed by atoms with Crippen molar-refractivity contribution in [1.29, 1.82) is 0 Å². The maximum Gasteiger partial charge on any atom is 0.217 e. The molecule has 0 fully saturated rings. The number of anilines is 2. The summed E-state index contributed by atoms with van der Waals surface area (Å²) in [6.45, 7) is 2.48. The number of primary amides is 1. The van der Waals surface area contributed by atoms with E-state index in [0.29, 0.717) is 31.0 Å². The summed E-state index contributed by atoms with van der Waals surface area (Å²) in [7, 11) is 0. The first-order valence-corrected chi connectivity index (χ1v) is 4.70. The van der Waals surface area contributed by atoms with Crippen LogP contribution in [-0.4, -0.2) is 22.4 Å². The fourth-order valence-corrected chi connectivity index (χ4v) is 1.11. The Morgan fingerprint density at radius 1 is 1.53 bits per heavy atom. The first kappa shape index (κ1) is 11.2. The predicted molar refractivity (Wildman–Crippen MR) is 58.1 cm³/mol. The number of nitrogen functional groups attached to an aromatic ring is 1. The van der Waals surface area contributed by atoms with Crippen molar-refractivity contribution in [3.63, 3.8) is 0 Å². The van der Waals surface area contributed by atoms with Crippen LogP contribution in [0.2, 0.25) is 0 Å². The third kappa shape index (κ3) is 3.41. The van der Waals surface area contributed by atoms with E-state index in [0.717, 1.165) is 5.56 Å². The van der Waals surface area contributed by atoms with Gasteiger partial charge in [-0.1, -0.05) is 0 Å². The summed E-state index contributed by atoms with van der Waals surface area (Å²) < 4.78 is 0. The van der Waals surface area contributed by atoms with Crippen LogP contribution in [-0.2, 0) is 4.79 Å². The van der Waals surface area contributed by atoms with Crippen molar-refractivity contribution in [2.24, 2.45) is 5.73 Å². The Hall–Kier alpha value is -1.85. The summed E-state index contributed by atoms with van der Waals surface area (Å²) >= 11 is 0. The van der Waals surface area contributed by atoms with Crippen molar-refractivity contribution in [3.8, 4) is 0 Å². The highest BCUT2D eigenvalue weighted by molar-refractivity contribution is 5.73. The number of rotatable bonds is 5. The minimum atomic E-state index is -0.296. The average molecular weight is 209 g/mol. The van der Waals surface area contributed by atoms with Crippen molar-refractivity contribution in [2.45, 2.75) is 19.8 Å². The van der Waals surface area contributed by atoms with E-state index in [2.05, 4.69) is 15.3 Å². The van der Waals surface area contributed by atoms with Gasteiger partial charge in [-0.2, -0.15) is 0 Å². The van der Waals surface area contributed by atoms with Crippen LogP contribution in [0.25, 0.3) is 0 Å². The fraction of sp³-hybridized carbons (Fsp3) is 0.444. The van der Waals surface area contributed by atoms with Crippen LogP contribution in [0.5, 0.6) is 0 Å². The molecule has 1 amide bonds. The molecule has 0 aromatic carbocycles. The highest BCUT2D eigenvalue weighted by Gasteiger charge is 2.03. The maximum absolute atomic E-state index is 10.5. The van der Waals surface area contributed by atoms with Crippen LogP contribution in [0.15, 0.2) is 6.33 Å². The third-order valence-corrected chi connectivity index (χ3v) is 2.02. The largest absolute Gasteiger partial charge is 0.383 e. The van der Waals surface area contributed by atoms with Crippen LogP contribution in [0.3, 0.4) is 0 Å². The van der Waals surface area contributed by atoms with Crippen LogP contribution in [0.4, 0.5) is 11.6 Å². The summed E-state index contributed by atoms with van der Waals surface area (Å²) in [6, 6.07) is 0. The topological polar surface area (TPSA) is 107 Å². The van der Waals surface area contributed by atoms with Crippen LogP contribution >= 0.6 is 0 Å². The minimum Gasteiger partial charge on any atom is -0.383 e. The molecule has 0 saturated heterocycles. The first-order chi connectivity index (χ1) is 7.11. The number of carbonyl (C=O) groups is 1. The predicted octanol–water partition coefficient (Wildman–Crippen LogP) is 0.0446. The smallest absolute Gasteiger partial charge is 0.217 e. The van der Waals surface area contributed by atoms with Gasteiger partial charge in [-0.15, -0.1) is 0 Å². The van der Waals surface area contributed by atoms with Crippen LogP contribution in [0, 0.1) is 6.92 Å². The Balaban J connectivity index is 2.44. The van der Waals surface area contributed by atoms with Crippen molar-refractivity contribution < 1.29 is 4.79 Å². The molecule has 0 saturated carbocycles. The van der Waals surface area contributed by atoms with Gasteiger partial charge in [0, 0.05) is 18.5 Å². The molecule has 0 unspecified atom stereocenters. The van der Waals surface area contributed by atoms with Crippen LogP contribution in [0.1, 0.15) is 18.4 Å². The van der Waals surface area contributed by atoms with E-state index in [9.17, 15) is 4.79 Å². The molecule has 0 spiro atoms. The average Bonchev–Trinajstić information content (AvgIpc) is 2.18. The molecule has 1 rings (SSSR count). The lowest BCUT2D eigenvalue weighted by molar-refractivity contribution is -0.118. The number of hydrogen-bond donors (Lipinski definition) is 3. The van der Waals surface area contributed by atoms with Crippen molar-refractivity contribution in [3.05, 3.63) is 11.9 Å². The van der Waals surface area contributed by atoms with E-state index < -0.39 is 0 Å². The highest BCUT2D eigenvalue weighted by atomic mass is 16.1. The Kier molecular flexibility index (Phi) is 3.84. The van der Waals surface area contributed by atoms with Crippen molar-refractivity contribution in [2.75, 3.05) is 17.6 Å². The summed E-state index contributed by atoms with van der Waals surface area (Å²) in [5.74, 6) is 0.866. The molecule has 0 bridgehead atoms. The van der Waals surface area contributed by atoms with Gasteiger partial charge in [0.15, 0.2) is 0 Å². The Bertz CT molecular complexity index is 352. The van der Waals surface area contributed by atoms with E-state index in [1.165, 1.54) is 6.33 Å². The molecule has 0 atom stereocenters. The second kappa shape index (κ2) is 5.14. The van der Waals surface area contributed by atoms with Crippen LogP contribution < -0.4 is 16.8 Å². The second-order valence-corrected chi connectivity index (χ2v) is 3.23. The van der Waals surface area contributed by atoms with Gasteiger partial charge in [-0.05, 0) is 13.3 Å². The molecule has 0 aliphatic rings. The molecule has 0 aliphatic carbocycles. The molecule has 1 aromatic heterocycles. The standard InChI is InChI=1S/C9H15N5O/c1-6-8(11)13-5-14-9(6)12-4-2-3-7(10)15/h5H,2-4H2,1H3,(H2,10,15)(H3,11,12,13,14). The number of hydrogen-bond acceptors (Lipinski definition) is 5. The second-order valence-electron chi connectivity index (χ2n) is 3.23. The Labute approximate surface area is 88.1 Å². The molecule has 1 heterocycles. The first-order valence-electron chi connectivity index (χ1n) is 4.70. The summed E-state index contributed by atoms with van der Waals surface area (Å²) in [5.41, 5.74) is 11.4.